The van der Waals surface area contributed by atoms with Crippen LogP contribution >= 0.6 is 0 Å². The van der Waals surface area contributed by atoms with E-state index < -0.39 is 0 Å². The van der Waals surface area contributed by atoms with Crippen LogP contribution < -0.4 is 10.6 Å². The molecule has 1 aromatic rings. The summed E-state index contributed by atoms with van der Waals surface area (Å²) in [5, 5.41) is 6.36. The second-order valence-corrected chi connectivity index (χ2v) is 5.63. The minimum absolute atomic E-state index is 0.0243. The number of hydrogen-bond acceptors (Lipinski definition) is 2. The average Bonchev–Trinajstić information content (AvgIpc) is 3.21. The van der Waals surface area contributed by atoms with Gasteiger partial charge in [0.05, 0.1) is 5.54 Å². The maximum absolute atomic E-state index is 13.0. The van der Waals surface area contributed by atoms with E-state index in [0.717, 1.165) is 44.3 Å². The van der Waals surface area contributed by atoms with Crippen LogP contribution in [0.4, 0.5) is 4.39 Å². The molecule has 0 spiro atoms. The number of amides is 1. The van der Waals surface area contributed by atoms with Crippen LogP contribution in [0.3, 0.4) is 0 Å². The zero-order valence-electron chi connectivity index (χ0n) is 11.4. The molecule has 3 nitrogen and oxygen atoms in total. The van der Waals surface area contributed by atoms with Crippen molar-refractivity contribution in [1.82, 2.24) is 10.6 Å². The van der Waals surface area contributed by atoms with Gasteiger partial charge in [0, 0.05) is 6.08 Å². The van der Waals surface area contributed by atoms with Crippen molar-refractivity contribution < 1.29 is 9.18 Å². The third kappa shape index (κ3) is 2.90. The van der Waals surface area contributed by atoms with E-state index in [0.29, 0.717) is 0 Å². The molecule has 0 aromatic heterocycles. The fourth-order valence-corrected chi connectivity index (χ4v) is 2.73. The van der Waals surface area contributed by atoms with Gasteiger partial charge in [0.25, 0.3) is 0 Å². The van der Waals surface area contributed by atoms with Crippen LogP contribution in [0.5, 0.6) is 0 Å². The van der Waals surface area contributed by atoms with Gasteiger partial charge in [-0.3, -0.25) is 4.79 Å². The molecule has 0 unspecified atom stereocenters. The maximum Gasteiger partial charge on any atom is 0.244 e. The minimum atomic E-state index is -0.269. The van der Waals surface area contributed by atoms with E-state index in [4.69, 9.17) is 0 Å². The SMILES string of the molecule is O=C(C=C1CCNCC1)NC1(c2ccc(F)cc2)CC1. The van der Waals surface area contributed by atoms with Crippen LogP contribution in [-0.2, 0) is 10.3 Å². The molecule has 1 saturated heterocycles. The van der Waals surface area contributed by atoms with Gasteiger partial charge in [-0.15, -0.1) is 0 Å². The van der Waals surface area contributed by atoms with Gasteiger partial charge in [-0.2, -0.15) is 0 Å². The van der Waals surface area contributed by atoms with Crippen LogP contribution in [-0.4, -0.2) is 19.0 Å². The second-order valence-electron chi connectivity index (χ2n) is 5.63. The number of rotatable bonds is 3. The van der Waals surface area contributed by atoms with Crippen LogP contribution in [0.25, 0.3) is 0 Å². The fraction of sp³-hybridized carbons (Fsp3) is 0.438. The lowest BCUT2D eigenvalue weighted by Gasteiger charge is -2.19. The molecule has 2 N–H and O–H groups in total. The maximum atomic E-state index is 13.0. The Morgan fingerprint density at radius 1 is 1.20 bits per heavy atom. The Hall–Kier alpha value is -1.68. The standard InChI is InChI=1S/C16H19FN2O/c17-14-3-1-13(2-4-14)16(7-8-16)19-15(20)11-12-5-9-18-10-6-12/h1-4,11,18H,5-10H2,(H,19,20). The lowest BCUT2D eigenvalue weighted by Crippen LogP contribution is -2.34. The van der Waals surface area contributed by atoms with Crippen LogP contribution in [0.1, 0.15) is 31.2 Å². The zero-order valence-corrected chi connectivity index (χ0v) is 11.4. The normalized spacial score (nSPS) is 20.4. The van der Waals surface area contributed by atoms with Crippen molar-refractivity contribution in [3.8, 4) is 0 Å². The summed E-state index contributed by atoms with van der Waals surface area (Å²) in [4.78, 5) is 12.1. The van der Waals surface area contributed by atoms with Crippen LogP contribution in [0.15, 0.2) is 35.9 Å². The average molecular weight is 274 g/mol. The number of carbonyl (C=O) groups excluding carboxylic acids is 1. The lowest BCUT2D eigenvalue weighted by molar-refractivity contribution is -0.117. The first-order valence-electron chi connectivity index (χ1n) is 7.16. The summed E-state index contributed by atoms with van der Waals surface area (Å²) in [6, 6.07) is 6.43. The molecule has 1 amide bonds. The summed E-state index contributed by atoms with van der Waals surface area (Å²) in [7, 11) is 0. The van der Waals surface area contributed by atoms with Crippen molar-refractivity contribution in [2.24, 2.45) is 0 Å². The fourth-order valence-electron chi connectivity index (χ4n) is 2.73. The van der Waals surface area contributed by atoms with Gasteiger partial charge >= 0.3 is 0 Å². The second kappa shape index (κ2) is 5.37. The van der Waals surface area contributed by atoms with Crippen LogP contribution in [0, 0.1) is 5.82 Å². The Labute approximate surface area is 118 Å². The summed E-state index contributed by atoms with van der Waals surface area (Å²) in [6.45, 7) is 1.89. The molecular weight excluding hydrogens is 255 g/mol. The molecule has 2 aliphatic rings. The summed E-state index contributed by atoms with van der Waals surface area (Å²) < 4.78 is 13.0. The van der Waals surface area contributed by atoms with Crippen molar-refractivity contribution in [2.45, 2.75) is 31.2 Å². The molecule has 2 fully saturated rings. The molecule has 20 heavy (non-hydrogen) atoms. The summed E-state index contributed by atoms with van der Waals surface area (Å²) in [5.74, 6) is -0.267. The number of carbonyl (C=O) groups is 1. The van der Waals surface area contributed by atoms with Gasteiger partial charge in [-0.05, 0) is 56.5 Å². The highest BCUT2D eigenvalue weighted by atomic mass is 19.1. The van der Waals surface area contributed by atoms with Crippen molar-refractivity contribution in [3.63, 3.8) is 0 Å². The van der Waals surface area contributed by atoms with E-state index in [2.05, 4.69) is 10.6 Å². The molecule has 0 radical (unpaired) electrons. The Morgan fingerprint density at radius 3 is 2.45 bits per heavy atom. The Bertz CT molecular complexity index is 524. The monoisotopic (exact) mass is 274 g/mol. The Kier molecular flexibility index (Phi) is 3.57. The molecule has 1 aliphatic carbocycles. The van der Waals surface area contributed by atoms with Crippen LogP contribution in [0.2, 0.25) is 0 Å². The summed E-state index contributed by atoms with van der Waals surface area (Å²) in [5.41, 5.74) is 1.93. The molecule has 1 aromatic carbocycles. The highest BCUT2D eigenvalue weighted by Gasteiger charge is 2.45. The van der Waals surface area contributed by atoms with Gasteiger partial charge in [-0.25, -0.2) is 4.39 Å². The van der Waals surface area contributed by atoms with Crippen molar-refractivity contribution in [1.29, 1.82) is 0 Å². The quantitative estimate of drug-likeness (QED) is 0.830. The van der Waals surface area contributed by atoms with Crippen molar-refractivity contribution >= 4 is 5.91 Å². The smallest absolute Gasteiger partial charge is 0.244 e. The molecule has 1 heterocycles. The molecule has 0 atom stereocenters. The predicted octanol–water partition coefficient (Wildman–Crippen LogP) is 2.24. The molecule has 0 bridgehead atoms. The highest BCUT2D eigenvalue weighted by Crippen LogP contribution is 2.45. The number of piperidine rings is 1. The number of halogens is 1. The van der Waals surface area contributed by atoms with E-state index in [-0.39, 0.29) is 17.3 Å². The van der Waals surface area contributed by atoms with E-state index in [9.17, 15) is 9.18 Å². The van der Waals surface area contributed by atoms with Gasteiger partial charge < -0.3 is 10.6 Å². The number of benzene rings is 1. The summed E-state index contributed by atoms with van der Waals surface area (Å²) >= 11 is 0. The highest BCUT2D eigenvalue weighted by molar-refractivity contribution is 5.89. The predicted molar refractivity (Wildman–Crippen MR) is 75.6 cm³/mol. The number of hydrogen-bond donors (Lipinski definition) is 2. The largest absolute Gasteiger partial charge is 0.343 e. The first-order valence-corrected chi connectivity index (χ1v) is 7.16. The van der Waals surface area contributed by atoms with E-state index in [1.807, 2.05) is 0 Å². The summed E-state index contributed by atoms with van der Waals surface area (Å²) in [6.07, 6.45) is 5.47. The Morgan fingerprint density at radius 2 is 1.85 bits per heavy atom. The van der Waals surface area contributed by atoms with E-state index >= 15 is 0 Å². The first kappa shape index (κ1) is 13.3. The molecule has 4 heteroatoms. The Balaban J connectivity index is 1.67. The van der Waals surface area contributed by atoms with Gasteiger partial charge in [-0.1, -0.05) is 17.7 Å². The molecule has 3 rings (SSSR count). The molecule has 1 aliphatic heterocycles. The van der Waals surface area contributed by atoms with Crippen molar-refractivity contribution in [2.75, 3.05) is 13.1 Å². The third-order valence-corrected chi connectivity index (χ3v) is 4.09. The minimum Gasteiger partial charge on any atom is -0.343 e. The third-order valence-electron chi connectivity index (χ3n) is 4.09. The molecule has 1 saturated carbocycles. The topological polar surface area (TPSA) is 41.1 Å². The van der Waals surface area contributed by atoms with Gasteiger partial charge in [0.1, 0.15) is 5.82 Å². The van der Waals surface area contributed by atoms with E-state index in [1.54, 1.807) is 18.2 Å². The van der Waals surface area contributed by atoms with Crippen molar-refractivity contribution in [3.05, 3.63) is 47.3 Å². The molecular formula is C16H19FN2O. The van der Waals surface area contributed by atoms with Gasteiger partial charge in [0.15, 0.2) is 0 Å². The molecule has 106 valence electrons. The zero-order chi connectivity index (χ0) is 14.0. The first-order chi connectivity index (χ1) is 9.68. The number of nitrogens with one attached hydrogen (secondary N) is 2. The lowest BCUT2D eigenvalue weighted by atomic mass is 10.0. The van der Waals surface area contributed by atoms with E-state index in [1.165, 1.54) is 17.7 Å². The van der Waals surface area contributed by atoms with Gasteiger partial charge in [0.2, 0.25) is 5.91 Å².